The van der Waals surface area contributed by atoms with Crippen molar-refractivity contribution >= 4 is 11.9 Å². The van der Waals surface area contributed by atoms with E-state index in [9.17, 15) is 4.79 Å². The zero-order chi connectivity index (χ0) is 23.3. The Balaban J connectivity index is 2.04. The molecule has 0 spiro atoms. The first-order valence-electron chi connectivity index (χ1n) is 11.6. The number of rotatable bonds is 11. The third kappa shape index (κ3) is 8.00. The molecule has 1 amide bonds. The molecule has 2 N–H and O–H groups in total. The molecule has 0 fully saturated rings. The summed E-state index contributed by atoms with van der Waals surface area (Å²) in [5.74, 6) is 0.821. The van der Waals surface area contributed by atoms with E-state index in [1.807, 2.05) is 24.3 Å². The van der Waals surface area contributed by atoms with Crippen LogP contribution in [-0.2, 0) is 13.0 Å². The summed E-state index contributed by atoms with van der Waals surface area (Å²) >= 11 is 0. The van der Waals surface area contributed by atoms with Crippen molar-refractivity contribution in [1.29, 1.82) is 0 Å². The number of guanidine groups is 1. The van der Waals surface area contributed by atoms with Crippen molar-refractivity contribution in [2.45, 2.75) is 39.8 Å². The average molecular weight is 438 g/mol. The van der Waals surface area contributed by atoms with Gasteiger partial charge in [-0.15, -0.1) is 0 Å². The molecule has 1 unspecified atom stereocenters. The van der Waals surface area contributed by atoms with E-state index in [0.29, 0.717) is 18.2 Å². The predicted molar refractivity (Wildman–Crippen MR) is 134 cm³/mol. The second-order valence-corrected chi connectivity index (χ2v) is 8.04. The lowest BCUT2D eigenvalue weighted by Gasteiger charge is -2.30. The fraction of sp³-hybridized carbons (Fsp3) is 0.462. The van der Waals surface area contributed by atoms with Crippen molar-refractivity contribution in [2.75, 3.05) is 40.3 Å². The maximum Gasteiger partial charge on any atom is 0.253 e. The van der Waals surface area contributed by atoms with Crippen molar-refractivity contribution < 1.29 is 4.79 Å². The van der Waals surface area contributed by atoms with Crippen LogP contribution in [0, 0.1) is 0 Å². The van der Waals surface area contributed by atoms with Gasteiger partial charge in [0, 0.05) is 38.8 Å². The summed E-state index contributed by atoms with van der Waals surface area (Å²) in [4.78, 5) is 20.9. The van der Waals surface area contributed by atoms with Crippen LogP contribution in [0.15, 0.2) is 59.6 Å². The quantitative estimate of drug-likeness (QED) is 0.418. The zero-order valence-electron chi connectivity index (χ0n) is 20.3. The Kier molecular flexibility index (Phi) is 10.7. The van der Waals surface area contributed by atoms with E-state index in [0.717, 1.165) is 44.1 Å². The zero-order valence-corrected chi connectivity index (χ0v) is 20.3. The van der Waals surface area contributed by atoms with Crippen LogP contribution in [0.5, 0.6) is 0 Å². The summed E-state index contributed by atoms with van der Waals surface area (Å²) in [5, 5.41) is 6.89. The lowest BCUT2D eigenvalue weighted by atomic mass is 10.0. The number of aliphatic imine (C=N–C) groups is 1. The van der Waals surface area contributed by atoms with Crippen LogP contribution in [0.3, 0.4) is 0 Å². The fourth-order valence-corrected chi connectivity index (χ4v) is 3.69. The smallest absolute Gasteiger partial charge is 0.253 e. The standard InChI is InChI=1S/C26H39N5O/c1-6-27-26(28-19-22-14-16-23(17-15-22)25(32)30(4)5)29-20-24(31(7-2)8-3)18-21-12-10-9-11-13-21/h9-17,24H,6-8,18-20H2,1-5H3,(H2,27,28,29). The largest absolute Gasteiger partial charge is 0.357 e. The molecular formula is C26H39N5O. The summed E-state index contributed by atoms with van der Waals surface area (Å²) < 4.78 is 0. The minimum atomic E-state index is 0.0101. The molecule has 0 radical (unpaired) electrons. The molecule has 0 saturated heterocycles. The molecule has 6 heteroatoms. The maximum atomic E-state index is 12.1. The van der Waals surface area contributed by atoms with Crippen molar-refractivity contribution in [3.63, 3.8) is 0 Å². The van der Waals surface area contributed by atoms with Crippen molar-refractivity contribution in [3.8, 4) is 0 Å². The normalized spacial score (nSPS) is 12.5. The molecule has 6 nitrogen and oxygen atoms in total. The van der Waals surface area contributed by atoms with Gasteiger partial charge >= 0.3 is 0 Å². The van der Waals surface area contributed by atoms with Crippen LogP contribution >= 0.6 is 0 Å². The molecule has 174 valence electrons. The van der Waals surface area contributed by atoms with Crippen LogP contribution in [0.4, 0.5) is 0 Å². The molecule has 0 bridgehead atoms. The van der Waals surface area contributed by atoms with Gasteiger partial charge in [-0.3, -0.25) is 9.69 Å². The first-order valence-corrected chi connectivity index (χ1v) is 11.6. The summed E-state index contributed by atoms with van der Waals surface area (Å²) in [5.41, 5.74) is 3.11. The Morgan fingerprint density at radius 3 is 2.12 bits per heavy atom. The monoisotopic (exact) mass is 437 g/mol. The summed E-state index contributed by atoms with van der Waals surface area (Å²) in [6.07, 6.45) is 0.996. The highest BCUT2D eigenvalue weighted by Gasteiger charge is 2.17. The summed E-state index contributed by atoms with van der Waals surface area (Å²) in [6, 6.07) is 18.7. The number of nitrogens with one attached hydrogen (secondary N) is 2. The van der Waals surface area contributed by atoms with E-state index < -0.39 is 0 Å². The van der Waals surface area contributed by atoms with Gasteiger partial charge in [-0.05, 0) is 49.7 Å². The van der Waals surface area contributed by atoms with Gasteiger partial charge in [0.1, 0.15) is 0 Å². The Hall–Kier alpha value is -2.86. The molecular weight excluding hydrogens is 398 g/mol. The van der Waals surface area contributed by atoms with Crippen molar-refractivity contribution in [1.82, 2.24) is 20.4 Å². The van der Waals surface area contributed by atoms with E-state index in [1.54, 1.807) is 19.0 Å². The Morgan fingerprint density at radius 2 is 1.56 bits per heavy atom. The van der Waals surface area contributed by atoms with Crippen LogP contribution in [-0.4, -0.2) is 68.0 Å². The molecule has 2 aromatic carbocycles. The highest BCUT2D eigenvalue weighted by atomic mass is 16.2. The molecule has 2 rings (SSSR count). The molecule has 0 aliphatic heterocycles. The molecule has 0 aliphatic rings. The number of hydrogen-bond acceptors (Lipinski definition) is 3. The van der Waals surface area contributed by atoms with Gasteiger partial charge in [0.05, 0.1) is 6.54 Å². The van der Waals surface area contributed by atoms with Gasteiger partial charge in [-0.25, -0.2) is 4.99 Å². The number of nitrogens with zero attached hydrogens (tertiary/aromatic N) is 3. The van der Waals surface area contributed by atoms with Gasteiger partial charge in [0.15, 0.2) is 5.96 Å². The van der Waals surface area contributed by atoms with E-state index >= 15 is 0 Å². The third-order valence-corrected chi connectivity index (χ3v) is 5.52. The van der Waals surface area contributed by atoms with Gasteiger partial charge in [-0.2, -0.15) is 0 Å². The van der Waals surface area contributed by atoms with Gasteiger partial charge in [-0.1, -0.05) is 56.3 Å². The lowest BCUT2D eigenvalue weighted by Crippen LogP contribution is -2.48. The van der Waals surface area contributed by atoms with E-state index in [-0.39, 0.29) is 5.91 Å². The Labute approximate surface area is 193 Å². The van der Waals surface area contributed by atoms with Gasteiger partial charge in [0.2, 0.25) is 0 Å². The Morgan fingerprint density at radius 1 is 0.906 bits per heavy atom. The summed E-state index contributed by atoms with van der Waals surface area (Å²) in [6.45, 7) is 10.7. The van der Waals surface area contributed by atoms with E-state index in [2.05, 4.69) is 66.6 Å². The minimum Gasteiger partial charge on any atom is -0.357 e. The topological polar surface area (TPSA) is 60.0 Å². The number of benzene rings is 2. The van der Waals surface area contributed by atoms with Gasteiger partial charge in [0.25, 0.3) is 5.91 Å². The van der Waals surface area contributed by atoms with Crippen molar-refractivity contribution in [2.24, 2.45) is 4.99 Å². The molecule has 1 atom stereocenters. The molecule has 0 heterocycles. The Bertz CT molecular complexity index is 829. The number of carbonyl (C=O) groups excluding carboxylic acids is 1. The van der Waals surface area contributed by atoms with Crippen LogP contribution in [0.1, 0.15) is 42.3 Å². The highest BCUT2D eigenvalue weighted by molar-refractivity contribution is 5.93. The second-order valence-electron chi connectivity index (χ2n) is 8.04. The van der Waals surface area contributed by atoms with Crippen molar-refractivity contribution in [3.05, 3.63) is 71.3 Å². The number of likely N-dealkylation sites (N-methyl/N-ethyl adjacent to an activating group) is 1. The SMILES string of the molecule is CCNC(=NCc1ccc(C(=O)N(C)C)cc1)NCC(Cc1ccccc1)N(CC)CC. The molecule has 0 saturated carbocycles. The van der Waals surface area contributed by atoms with E-state index in [1.165, 1.54) is 5.56 Å². The first kappa shape index (κ1) is 25.4. The molecule has 0 aromatic heterocycles. The summed E-state index contributed by atoms with van der Waals surface area (Å²) in [7, 11) is 3.52. The average Bonchev–Trinajstić information content (AvgIpc) is 2.81. The van der Waals surface area contributed by atoms with E-state index in [4.69, 9.17) is 4.99 Å². The fourth-order valence-electron chi connectivity index (χ4n) is 3.69. The number of amides is 1. The van der Waals surface area contributed by atoms with Gasteiger partial charge < -0.3 is 15.5 Å². The molecule has 2 aromatic rings. The molecule has 0 aliphatic carbocycles. The lowest BCUT2D eigenvalue weighted by molar-refractivity contribution is 0.0827. The van der Waals surface area contributed by atoms with Crippen LogP contribution in [0.2, 0.25) is 0 Å². The maximum absolute atomic E-state index is 12.1. The highest BCUT2D eigenvalue weighted by Crippen LogP contribution is 2.10. The molecule has 32 heavy (non-hydrogen) atoms. The van der Waals surface area contributed by atoms with Crippen LogP contribution in [0.25, 0.3) is 0 Å². The number of carbonyl (C=O) groups is 1. The van der Waals surface area contributed by atoms with Crippen LogP contribution < -0.4 is 10.6 Å². The number of hydrogen-bond donors (Lipinski definition) is 2. The third-order valence-electron chi connectivity index (χ3n) is 5.52. The predicted octanol–water partition coefficient (Wildman–Crippen LogP) is 3.40. The minimum absolute atomic E-state index is 0.0101. The second kappa shape index (κ2) is 13.5. The first-order chi connectivity index (χ1) is 15.5.